The van der Waals surface area contributed by atoms with Crippen LogP contribution in [0.4, 0.5) is 0 Å². The molecular formula is C12H16N4O4. The summed E-state index contributed by atoms with van der Waals surface area (Å²) in [6, 6.07) is -0.570. The first kappa shape index (κ1) is 14.0. The quantitative estimate of drug-likeness (QED) is 0.712. The monoisotopic (exact) mass is 280 g/mol. The summed E-state index contributed by atoms with van der Waals surface area (Å²) in [5.41, 5.74) is -0.412. The minimum Gasteiger partial charge on any atom is -0.477 e. The maximum absolute atomic E-state index is 12.4. The Hall–Kier alpha value is -2.38. The van der Waals surface area contributed by atoms with Crippen molar-refractivity contribution in [1.29, 1.82) is 0 Å². The van der Waals surface area contributed by atoms with Gasteiger partial charge in [0.2, 0.25) is 5.91 Å². The number of likely N-dealkylation sites (N-methyl/N-ethyl adjacent to an activating group) is 1. The van der Waals surface area contributed by atoms with Crippen LogP contribution in [0.5, 0.6) is 0 Å². The van der Waals surface area contributed by atoms with Crippen molar-refractivity contribution in [2.45, 2.75) is 25.3 Å². The Morgan fingerprint density at radius 3 is 2.85 bits per heavy atom. The fourth-order valence-corrected chi connectivity index (χ4v) is 2.37. The van der Waals surface area contributed by atoms with Gasteiger partial charge in [0.1, 0.15) is 6.04 Å². The molecule has 1 fully saturated rings. The molecule has 1 saturated heterocycles. The number of aromatic carboxylic acids is 1. The van der Waals surface area contributed by atoms with Crippen molar-refractivity contribution in [1.82, 2.24) is 20.2 Å². The summed E-state index contributed by atoms with van der Waals surface area (Å²) in [6.07, 6.45) is 3.37. The number of likely N-dealkylation sites (tertiary alicyclic amines) is 1. The molecule has 2 heterocycles. The Morgan fingerprint density at radius 2 is 2.20 bits per heavy atom. The third-order valence-electron chi connectivity index (χ3n) is 3.37. The van der Waals surface area contributed by atoms with E-state index in [-0.39, 0.29) is 17.3 Å². The van der Waals surface area contributed by atoms with E-state index in [1.807, 2.05) is 0 Å². The van der Waals surface area contributed by atoms with E-state index in [4.69, 9.17) is 5.11 Å². The predicted octanol–water partition coefficient (Wildman–Crippen LogP) is -0.151. The van der Waals surface area contributed by atoms with Gasteiger partial charge in [-0.3, -0.25) is 9.59 Å². The Morgan fingerprint density at radius 1 is 1.45 bits per heavy atom. The molecule has 8 heteroatoms. The number of H-pyrrole nitrogens is 1. The number of carboxylic acids is 1. The van der Waals surface area contributed by atoms with Gasteiger partial charge in [0, 0.05) is 13.6 Å². The minimum absolute atomic E-state index is 0.159. The zero-order chi connectivity index (χ0) is 14.7. The fourth-order valence-electron chi connectivity index (χ4n) is 2.37. The lowest BCUT2D eigenvalue weighted by atomic mass is 10.0. The van der Waals surface area contributed by atoms with Gasteiger partial charge in [-0.1, -0.05) is 0 Å². The number of imidazole rings is 1. The van der Waals surface area contributed by atoms with E-state index in [1.165, 1.54) is 11.9 Å². The zero-order valence-corrected chi connectivity index (χ0v) is 11.0. The average molecular weight is 280 g/mol. The van der Waals surface area contributed by atoms with Gasteiger partial charge in [-0.05, 0) is 19.3 Å². The van der Waals surface area contributed by atoms with Crippen LogP contribution in [0.2, 0.25) is 0 Å². The summed E-state index contributed by atoms with van der Waals surface area (Å²) in [7, 11) is 1.51. The van der Waals surface area contributed by atoms with Crippen LogP contribution in [0.3, 0.4) is 0 Å². The Balaban J connectivity index is 2.28. The second kappa shape index (κ2) is 5.72. The molecule has 0 bridgehead atoms. The molecule has 1 aliphatic heterocycles. The molecule has 0 saturated carbocycles. The van der Waals surface area contributed by atoms with E-state index in [9.17, 15) is 14.4 Å². The first-order valence-electron chi connectivity index (χ1n) is 6.35. The smallest absolute Gasteiger partial charge is 0.354 e. The highest BCUT2D eigenvalue weighted by atomic mass is 16.4. The highest BCUT2D eigenvalue weighted by Crippen LogP contribution is 2.20. The third-order valence-corrected chi connectivity index (χ3v) is 3.37. The van der Waals surface area contributed by atoms with Crippen LogP contribution in [-0.4, -0.2) is 57.4 Å². The molecule has 1 aromatic rings. The van der Waals surface area contributed by atoms with Crippen molar-refractivity contribution in [3.05, 3.63) is 17.7 Å². The lowest BCUT2D eigenvalue weighted by Crippen LogP contribution is -2.51. The number of carboxylic acid groups (broad SMARTS) is 1. The Labute approximate surface area is 115 Å². The van der Waals surface area contributed by atoms with Crippen LogP contribution in [-0.2, 0) is 4.79 Å². The molecule has 2 rings (SSSR count). The summed E-state index contributed by atoms with van der Waals surface area (Å²) >= 11 is 0. The summed E-state index contributed by atoms with van der Waals surface area (Å²) in [4.78, 5) is 42.8. The van der Waals surface area contributed by atoms with Crippen LogP contribution >= 0.6 is 0 Å². The molecule has 8 nitrogen and oxygen atoms in total. The van der Waals surface area contributed by atoms with Crippen molar-refractivity contribution >= 4 is 17.8 Å². The summed E-state index contributed by atoms with van der Waals surface area (Å²) in [5, 5.41) is 11.5. The maximum Gasteiger partial charge on any atom is 0.354 e. The number of rotatable bonds is 3. The van der Waals surface area contributed by atoms with Crippen molar-refractivity contribution in [2.24, 2.45) is 0 Å². The zero-order valence-electron chi connectivity index (χ0n) is 11.0. The Kier molecular flexibility index (Phi) is 4.02. The van der Waals surface area contributed by atoms with E-state index in [0.29, 0.717) is 13.0 Å². The molecule has 1 unspecified atom stereocenters. The number of hydrogen-bond acceptors (Lipinski definition) is 4. The molecule has 1 aliphatic rings. The number of hydrogen-bond donors (Lipinski definition) is 3. The van der Waals surface area contributed by atoms with Crippen molar-refractivity contribution < 1.29 is 19.5 Å². The number of aromatic amines is 1. The first-order valence-corrected chi connectivity index (χ1v) is 6.35. The summed E-state index contributed by atoms with van der Waals surface area (Å²) in [5.74, 6) is -2.03. The molecule has 108 valence electrons. The molecule has 2 amide bonds. The molecule has 0 aromatic carbocycles. The highest BCUT2D eigenvalue weighted by Gasteiger charge is 2.34. The lowest BCUT2D eigenvalue weighted by Gasteiger charge is -2.34. The average Bonchev–Trinajstić information content (AvgIpc) is 2.95. The van der Waals surface area contributed by atoms with Gasteiger partial charge in [-0.15, -0.1) is 0 Å². The van der Waals surface area contributed by atoms with Crippen LogP contribution in [0.25, 0.3) is 0 Å². The van der Waals surface area contributed by atoms with Crippen LogP contribution in [0, 0.1) is 0 Å². The van der Waals surface area contributed by atoms with E-state index >= 15 is 0 Å². The third kappa shape index (κ3) is 2.49. The fraction of sp³-hybridized carbons (Fsp3) is 0.500. The van der Waals surface area contributed by atoms with Crippen molar-refractivity contribution in [3.63, 3.8) is 0 Å². The molecule has 1 atom stereocenters. The molecule has 3 N–H and O–H groups in total. The van der Waals surface area contributed by atoms with Gasteiger partial charge in [0.05, 0.1) is 6.33 Å². The van der Waals surface area contributed by atoms with Gasteiger partial charge in [0.15, 0.2) is 11.4 Å². The number of amides is 2. The number of nitrogens with zero attached hydrogens (tertiary/aromatic N) is 2. The SMILES string of the molecule is CNC(=O)C1CCCCN1C(=O)c1nc[nH]c1C(=O)O. The van der Waals surface area contributed by atoms with Crippen molar-refractivity contribution in [2.75, 3.05) is 13.6 Å². The number of carbonyl (C=O) groups excluding carboxylic acids is 2. The van der Waals surface area contributed by atoms with Gasteiger partial charge >= 0.3 is 5.97 Å². The number of aromatic nitrogens is 2. The Bertz CT molecular complexity index is 539. The van der Waals surface area contributed by atoms with Gasteiger partial charge < -0.3 is 20.3 Å². The van der Waals surface area contributed by atoms with E-state index in [2.05, 4.69) is 15.3 Å². The van der Waals surface area contributed by atoms with Crippen LogP contribution in [0.1, 0.15) is 40.2 Å². The van der Waals surface area contributed by atoms with Crippen LogP contribution in [0.15, 0.2) is 6.33 Å². The van der Waals surface area contributed by atoms with Crippen LogP contribution < -0.4 is 5.32 Å². The topological polar surface area (TPSA) is 115 Å². The number of carbonyl (C=O) groups is 3. The van der Waals surface area contributed by atoms with E-state index < -0.39 is 17.9 Å². The van der Waals surface area contributed by atoms with E-state index in [0.717, 1.165) is 19.2 Å². The first-order chi connectivity index (χ1) is 9.56. The standard InChI is InChI=1S/C12H16N4O4/c1-13-10(17)7-4-2-3-5-16(7)11(18)8-9(12(19)20)15-6-14-8/h6-7H,2-5H2,1H3,(H,13,17)(H,14,15)(H,19,20). The second-order valence-corrected chi connectivity index (χ2v) is 4.56. The molecule has 0 aliphatic carbocycles. The maximum atomic E-state index is 12.4. The van der Waals surface area contributed by atoms with Crippen molar-refractivity contribution in [3.8, 4) is 0 Å². The van der Waals surface area contributed by atoms with Gasteiger partial charge in [-0.25, -0.2) is 9.78 Å². The minimum atomic E-state index is -1.25. The van der Waals surface area contributed by atoms with E-state index in [1.54, 1.807) is 0 Å². The molecule has 0 radical (unpaired) electrons. The molecule has 0 spiro atoms. The van der Waals surface area contributed by atoms with Gasteiger partial charge in [-0.2, -0.15) is 0 Å². The second-order valence-electron chi connectivity index (χ2n) is 4.56. The molecule has 1 aromatic heterocycles. The normalized spacial score (nSPS) is 18.6. The predicted molar refractivity (Wildman–Crippen MR) is 68.3 cm³/mol. The number of nitrogens with one attached hydrogen (secondary N) is 2. The summed E-state index contributed by atoms with van der Waals surface area (Å²) < 4.78 is 0. The van der Waals surface area contributed by atoms with Gasteiger partial charge in [0.25, 0.3) is 5.91 Å². The highest BCUT2D eigenvalue weighted by molar-refractivity contribution is 6.03. The number of piperidine rings is 1. The largest absolute Gasteiger partial charge is 0.477 e. The molecule has 20 heavy (non-hydrogen) atoms. The lowest BCUT2D eigenvalue weighted by molar-refractivity contribution is -0.126. The summed E-state index contributed by atoms with van der Waals surface area (Å²) in [6.45, 7) is 0.419. The molecular weight excluding hydrogens is 264 g/mol.